The highest BCUT2D eigenvalue weighted by Gasteiger charge is 2.00. The molecule has 0 aliphatic carbocycles. The summed E-state index contributed by atoms with van der Waals surface area (Å²) in [6, 6.07) is 6.44. The van der Waals surface area contributed by atoms with Gasteiger partial charge in [0.1, 0.15) is 0 Å². The van der Waals surface area contributed by atoms with Gasteiger partial charge in [0.2, 0.25) is 0 Å². The number of benzene rings is 1. The Bertz CT molecular complexity index is 276. The summed E-state index contributed by atoms with van der Waals surface area (Å²) in [5, 5.41) is 1.06. The molecule has 13 heavy (non-hydrogen) atoms. The average molecular weight is 373 g/mol. The van der Waals surface area contributed by atoms with Gasteiger partial charge in [-0.2, -0.15) is 0 Å². The van der Waals surface area contributed by atoms with Crippen molar-refractivity contribution in [2.75, 3.05) is 5.33 Å². The third-order valence-electron chi connectivity index (χ3n) is 1.84. The van der Waals surface area contributed by atoms with Crippen molar-refractivity contribution in [1.82, 2.24) is 0 Å². The Kier molecular flexibility index (Phi) is 5.67. The van der Waals surface area contributed by atoms with Crippen molar-refractivity contribution in [2.45, 2.75) is 18.7 Å². The topological polar surface area (TPSA) is 0 Å². The Morgan fingerprint density at radius 2 is 2.15 bits per heavy atom. The van der Waals surface area contributed by atoms with Crippen molar-refractivity contribution in [1.29, 1.82) is 0 Å². The van der Waals surface area contributed by atoms with Crippen LogP contribution in [0.4, 0.5) is 0 Å². The smallest absolute Gasteiger partial charge is 0.0474 e. The van der Waals surface area contributed by atoms with E-state index in [1.807, 2.05) is 0 Å². The maximum atomic E-state index is 5.77. The van der Waals surface area contributed by atoms with Gasteiger partial charge in [-0.1, -0.05) is 28.1 Å². The third kappa shape index (κ3) is 3.76. The van der Waals surface area contributed by atoms with E-state index in [9.17, 15) is 0 Å². The van der Waals surface area contributed by atoms with Crippen LogP contribution in [0.5, 0.6) is 0 Å². The Hall–Kier alpha value is 0.720. The lowest BCUT2D eigenvalue weighted by molar-refractivity contribution is 0.931. The van der Waals surface area contributed by atoms with Crippen molar-refractivity contribution in [3.63, 3.8) is 0 Å². The van der Waals surface area contributed by atoms with Gasteiger partial charge in [0.15, 0.2) is 0 Å². The molecule has 0 heterocycles. The van der Waals surface area contributed by atoms with Crippen molar-refractivity contribution in [3.05, 3.63) is 32.9 Å². The van der Waals surface area contributed by atoms with Gasteiger partial charge >= 0.3 is 0 Å². The van der Waals surface area contributed by atoms with Crippen LogP contribution in [0.2, 0.25) is 0 Å². The molecule has 0 bridgehead atoms. The van der Waals surface area contributed by atoms with Gasteiger partial charge in [0.05, 0.1) is 0 Å². The molecule has 0 nitrogen and oxygen atoms in total. The van der Waals surface area contributed by atoms with Crippen LogP contribution in [0.3, 0.4) is 0 Å². The minimum absolute atomic E-state index is 0.609. The van der Waals surface area contributed by atoms with E-state index in [1.54, 1.807) is 0 Å². The molecule has 0 aliphatic heterocycles. The molecule has 1 aromatic carbocycles. The number of alkyl halides is 2. The van der Waals surface area contributed by atoms with Gasteiger partial charge in [-0.15, -0.1) is 11.6 Å². The van der Waals surface area contributed by atoms with E-state index in [0.717, 1.165) is 11.8 Å². The van der Waals surface area contributed by atoms with Gasteiger partial charge in [-0.25, -0.2) is 0 Å². The van der Waals surface area contributed by atoms with Crippen LogP contribution in [0.1, 0.15) is 17.5 Å². The van der Waals surface area contributed by atoms with E-state index in [0.29, 0.717) is 5.88 Å². The molecule has 0 unspecified atom stereocenters. The van der Waals surface area contributed by atoms with Gasteiger partial charge in [0, 0.05) is 14.8 Å². The largest absolute Gasteiger partial charge is 0.122 e. The van der Waals surface area contributed by atoms with Gasteiger partial charge in [0.25, 0.3) is 0 Å². The second-order valence-electron chi connectivity index (χ2n) is 2.85. The third-order valence-corrected chi connectivity index (χ3v) is 3.77. The van der Waals surface area contributed by atoms with E-state index >= 15 is 0 Å². The highest BCUT2D eigenvalue weighted by Crippen LogP contribution is 2.17. The molecule has 0 aromatic heterocycles. The van der Waals surface area contributed by atoms with Crippen LogP contribution < -0.4 is 0 Å². The highest BCUT2D eigenvalue weighted by molar-refractivity contribution is 14.1. The molecule has 0 saturated carbocycles. The molecule has 0 atom stereocenters. The molecule has 72 valence electrons. The molecule has 0 amide bonds. The van der Waals surface area contributed by atoms with E-state index in [2.05, 4.69) is 56.7 Å². The minimum Gasteiger partial charge on any atom is -0.122 e. The number of hydrogen-bond donors (Lipinski definition) is 0. The average Bonchev–Trinajstić information content (AvgIpc) is 2.17. The fraction of sp³-hybridized carbons (Fsp3) is 0.400. The Balaban J connectivity index is 2.78. The van der Waals surface area contributed by atoms with Crippen molar-refractivity contribution >= 4 is 50.1 Å². The van der Waals surface area contributed by atoms with Crippen LogP contribution >= 0.6 is 50.1 Å². The molecule has 3 heteroatoms. The van der Waals surface area contributed by atoms with Crippen LogP contribution in [-0.4, -0.2) is 5.33 Å². The molecule has 0 fully saturated rings. The molecular weight excluding hydrogens is 362 g/mol. The molecule has 0 radical (unpaired) electrons. The van der Waals surface area contributed by atoms with Gasteiger partial charge in [-0.3, -0.25) is 0 Å². The molecule has 1 aromatic rings. The Morgan fingerprint density at radius 1 is 1.38 bits per heavy atom. The van der Waals surface area contributed by atoms with Crippen molar-refractivity contribution in [2.24, 2.45) is 0 Å². The Labute approximate surface area is 106 Å². The monoisotopic (exact) mass is 372 g/mol. The zero-order chi connectivity index (χ0) is 9.68. The van der Waals surface area contributed by atoms with Crippen LogP contribution in [0.25, 0.3) is 0 Å². The summed E-state index contributed by atoms with van der Waals surface area (Å²) in [7, 11) is 0. The molecule has 1 rings (SSSR count). The quantitative estimate of drug-likeness (QED) is 0.544. The molecule has 0 aliphatic rings. The van der Waals surface area contributed by atoms with Gasteiger partial charge < -0.3 is 0 Å². The fourth-order valence-corrected chi connectivity index (χ4v) is 2.21. The summed E-state index contributed by atoms with van der Waals surface area (Å²) in [5.74, 6) is 0.609. The zero-order valence-corrected chi connectivity index (χ0v) is 11.7. The van der Waals surface area contributed by atoms with E-state index in [4.69, 9.17) is 11.6 Å². The molecule has 0 N–H and O–H groups in total. The predicted octanol–water partition coefficient (Wildman–Crippen LogP) is 4.36. The van der Waals surface area contributed by atoms with Crippen LogP contribution in [0, 0.1) is 3.57 Å². The van der Waals surface area contributed by atoms with Crippen molar-refractivity contribution in [3.8, 4) is 0 Å². The second-order valence-corrected chi connectivity index (χ2v) is 5.07. The van der Waals surface area contributed by atoms with E-state index in [1.165, 1.54) is 21.1 Å². The molecule has 0 spiro atoms. The summed E-state index contributed by atoms with van der Waals surface area (Å²) >= 11 is 11.6. The first kappa shape index (κ1) is 11.8. The predicted molar refractivity (Wildman–Crippen MR) is 70.8 cm³/mol. The molecule has 0 saturated heterocycles. The van der Waals surface area contributed by atoms with E-state index < -0.39 is 0 Å². The van der Waals surface area contributed by atoms with Crippen LogP contribution in [-0.2, 0) is 12.3 Å². The summed E-state index contributed by atoms with van der Waals surface area (Å²) in [5.41, 5.74) is 2.63. The molecular formula is C10H11BrClI. The standard InChI is InChI=1S/C10H11BrClI/c11-5-1-2-9-6-8(7-12)3-4-10(9)13/h3-4,6H,1-2,5,7H2. The summed E-state index contributed by atoms with van der Waals surface area (Å²) in [6.07, 6.45) is 2.32. The number of hydrogen-bond acceptors (Lipinski definition) is 0. The minimum atomic E-state index is 0.609. The second kappa shape index (κ2) is 6.25. The number of halogens is 3. The first-order chi connectivity index (χ1) is 6.27. The first-order valence-electron chi connectivity index (χ1n) is 4.17. The lowest BCUT2D eigenvalue weighted by Crippen LogP contribution is -1.92. The maximum Gasteiger partial charge on any atom is 0.0474 e. The summed E-state index contributed by atoms with van der Waals surface area (Å²) < 4.78 is 1.34. The number of rotatable bonds is 4. The lowest BCUT2D eigenvalue weighted by atomic mass is 10.1. The maximum absolute atomic E-state index is 5.77. The normalized spacial score (nSPS) is 10.4. The lowest BCUT2D eigenvalue weighted by Gasteiger charge is -2.05. The summed E-state index contributed by atoms with van der Waals surface area (Å²) in [6.45, 7) is 0. The number of aryl methyl sites for hydroxylation is 1. The highest BCUT2D eigenvalue weighted by atomic mass is 127. The van der Waals surface area contributed by atoms with E-state index in [-0.39, 0.29) is 0 Å². The van der Waals surface area contributed by atoms with Crippen molar-refractivity contribution < 1.29 is 0 Å². The first-order valence-corrected chi connectivity index (χ1v) is 6.90. The van der Waals surface area contributed by atoms with Gasteiger partial charge in [-0.05, 0) is 52.6 Å². The SMILES string of the molecule is ClCc1ccc(I)c(CCCBr)c1. The summed E-state index contributed by atoms with van der Waals surface area (Å²) in [4.78, 5) is 0. The Morgan fingerprint density at radius 3 is 2.77 bits per heavy atom. The fourth-order valence-electron chi connectivity index (χ4n) is 1.16. The zero-order valence-electron chi connectivity index (χ0n) is 7.19. The van der Waals surface area contributed by atoms with Crippen LogP contribution in [0.15, 0.2) is 18.2 Å².